The van der Waals surface area contributed by atoms with Crippen LogP contribution in [-0.4, -0.2) is 35.8 Å². The number of amides is 1. The Morgan fingerprint density at radius 2 is 2.00 bits per heavy atom. The minimum atomic E-state index is -0.311. The molecule has 0 bridgehead atoms. The highest BCUT2D eigenvalue weighted by Gasteiger charge is 2.25. The molecule has 1 heterocycles. The molecule has 2 aromatic rings. The van der Waals surface area contributed by atoms with E-state index in [1.54, 1.807) is 32.3 Å². The van der Waals surface area contributed by atoms with Crippen LogP contribution in [0.5, 0.6) is 5.75 Å². The van der Waals surface area contributed by atoms with E-state index in [4.69, 9.17) is 4.42 Å². The zero-order chi connectivity index (χ0) is 19.6. The molecule has 0 aliphatic heterocycles. The molecule has 7 nitrogen and oxygen atoms in total. The van der Waals surface area contributed by atoms with Gasteiger partial charge < -0.3 is 25.1 Å². The third-order valence-electron chi connectivity index (χ3n) is 4.39. The van der Waals surface area contributed by atoms with Gasteiger partial charge in [0.15, 0.2) is 11.5 Å². The molecule has 1 aromatic carbocycles. The number of nitrogens with zero attached hydrogens (tertiary/aromatic N) is 1. The molecule has 0 spiro atoms. The van der Waals surface area contributed by atoms with Crippen molar-refractivity contribution in [3.05, 3.63) is 58.8 Å². The Morgan fingerprint density at radius 3 is 2.67 bits per heavy atom. The molecule has 0 saturated carbocycles. The molecular weight excluding hydrogens is 346 g/mol. The van der Waals surface area contributed by atoms with Crippen molar-refractivity contribution in [2.24, 2.45) is 0 Å². The number of nitrogens with one attached hydrogen (secondary N) is 2. The van der Waals surface area contributed by atoms with E-state index >= 15 is 0 Å². The monoisotopic (exact) mass is 369 g/mol. The Labute approximate surface area is 157 Å². The molecule has 0 saturated heterocycles. The molecule has 0 radical (unpaired) electrons. The van der Waals surface area contributed by atoms with E-state index in [1.165, 1.54) is 4.90 Å². The Balaban J connectivity index is 1.82. The van der Waals surface area contributed by atoms with Gasteiger partial charge in [-0.3, -0.25) is 9.59 Å². The zero-order valence-corrected chi connectivity index (χ0v) is 15.6. The van der Waals surface area contributed by atoms with Crippen LogP contribution in [0.3, 0.4) is 0 Å². The second-order valence-electron chi connectivity index (χ2n) is 6.67. The normalized spacial score (nSPS) is 13.8. The number of aromatic hydroxyl groups is 1. The van der Waals surface area contributed by atoms with Crippen LogP contribution in [0.4, 0.5) is 5.69 Å². The molecule has 142 valence electrons. The number of carbonyl (C=O) groups excluding carboxylic acids is 2. The van der Waals surface area contributed by atoms with Gasteiger partial charge in [0.25, 0.3) is 5.91 Å². The minimum Gasteiger partial charge on any atom is -0.505 e. The van der Waals surface area contributed by atoms with Crippen molar-refractivity contribution in [1.82, 2.24) is 10.2 Å². The second-order valence-corrected chi connectivity index (χ2v) is 6.67. The number of ketones is 1. The maximum absolute atomic E-state index is 12.3. The lowest BCUT2D eigenvalue weighted by Gasteiger charge is -2.16. The summed E-state index contributed by atoms with van der Waals surface area (Å²) in [5, 5.41) is 16.7. The number of Topliss-reactive ketones (excluding diaryl/α,β-unsaturated/α-hetero) is 1. The largest absolute Gasteiger partial charge is 0.505 e. The highest BCUT2D eigenvalue weighted by Crippen LogP contribution is 2.32. The molecule has 0 atom stereocenters. The first kappa shape index (κ1) is 18.6. The number of phenolic OH excluding ortho intramolecular Hbond substituents is 1. The molecule has 1 aromatic heterocycles. The van der Waals surface area contributed by atoms with E-state index < -0.39 is 0 Å². The maximum atomic E-state index is 12.3. The van der Waals surface area contributed by atoms with Gasteiger partial charge in [-0.1, -0.05) is 6.07 Å². The molecule has 0 unspecified atom stereocenters. The molecule has 7 heteroatoms. The SMILES string of the molecule is Cc1ccc(CNC2=C(Nc3cccc(C(=O)N(C)C)c3O)C(=O)CC2)o1. The van der Waals surface area contributed by atoms with Crippen LogP contribution >= 0.6 is 0 Å². The van der Waals surface area contributed by atoms with Crippen LogP contribution < -0.4 is 10.6 Å². The number of allylic oxidation sites excluding steroid dienone is 2. The standard InChI is InChI=1S/C20H23N3O4/c1-12-7-8-13(27-12)11-21-15-9-10-17(24)18(15)22-16-6-4-5-14(19(16)25)20(26)23(2)3/h4-8,21-22,25H,9-11H2,1-3H3. The van der Waals surface area contributed by atoms with Crippen LogP contribution in [0.25, 0.3) is 0 Å². The fourth-order valence-electron chi connectivity index (χ4n) is 2.95. The van der Waals surface area contributed by atoms with E-state index in [0.29, 0.717) is 30.8 Å². The van der Waals surface area contributed by atoms with Gasteiger partial charge >= 0.3 is 0 Å². The number of rotatable bonds is 6. The highest BCUT2D eigenvalue weighted by atomic mass is 16.3. The van der Waals surface area contributed by atoms with Gasteiger partial charge in [-0.2, -0.15) is 0 Å². The van der Waals surface area contributed by atoms with Crippen molar-refractivity contribution in [1.29, 1.82) is 0 Å². The number of anilines is 1. The number of benzene rings is 1. The quantitative estimate of drug-likeness (QED) is 0.678. The van der Waals surface area contributed by atoms with E-state index in [9.17, 15) is 14.7 Å². The van der Waals surface area contributed by atoms with Gasteiger partial charge in [0.2, 0.25) is 0 Å². The van der Waals surface area contributed by atoms with E-state index in [-0.39, 0.29) is 23.0 Å². The number of carbonyl (C=O) groups is 2. The third-order valence-corrected chi connectivity index (χ3v) is 4.39. The first-order valence-electron chi connectivity index (χ1n) is 8.73. The average Bonchev–Trinajstić information content (AvgIpc) is 3.20. The predicted octanol–water partition coefficient (Wildman–Crippen LogP) is 2.77. The summed E-state index contributed by atoms with van der Waals surface area (Å²) in [5.74, 6) is 1.07. The van der Waals surface area contributed by atoms with Crippen LogP contribution in [-0.2, 0) is 11.3 Å². The maximum Gasteiger partial charge on any atom is 0.257 e. The fraction of sp³-hybridized carbons (Fsp3) is 0.300. The first-order valence-corrected chi connectivity index (χ1v) is 8.73. The Hall–Kier alpha value is -3.22. The molecule has 3 N–H and O–H groups in total. The Bertz CT molecular complexity index is 912. The minimum absolute atomic E-state index is 0.0446. The number of furan rings is 1. The summed E-state index contributed by atoms with van der Waals surface area (Å²) in [7, 11) is 3.23. The number of hydrogen-bond donors (Lipinski definition) is 3. The van der Waals surface area contributed by atoms with Gasteiger partial charge in [0, 0.05) is 26.2 Å². The van der Waals surface area contributed by atoms with Crippen molar-refractivity contribution in [3.8, 4) is 5.75 Å². The molecule has 27 heavy (non-hydrogen) atoms. The predicted molar refractivity (Wildman–Crippen MR) is 101 cm³/mol. The number of aryl methyl sites for hydroxylation is 1. The lowest BCUT2D eigenvalue weighted by Crippen LogP contribution is -2.22. The summed E-state index contributed by atoms with van der Waals surface area (Å²) in [6, 6.07) is 8.61. The van der Waals surface area contributed by atoms with Crippen molar-refractivity contribution in [2.75, 3.05) is 19.4 Å². The van der Waals surface area contributed by atoms with Crippen LogP contribution in [0.15, 0.2) is 46.1 Å². The highest BCUT2D eigenvalue weighted by molar-refractivity contribution is 6.03. The first-order chi connectivity index (χ1) is 12.9. The van der Waals surface area contributed by atoms with Gasteiger partial charge in [-0.05, 0) is 37.6 Å². The van der Waals surface area contributed by atoms with Crippen LogP contribution in [0, 0.1) is 6.92 Å². The summed E-state index contributed by atoms with van der Waals surface area (Å²) in [6.07, 6.45) is 0.969. The Morgan fingerprint density at radius 1 is 1.22 bits per heavy atom. The molecule has 1 amide bonds. The van der Waals surface area contributed by atoms with Crippen molar-refractivity contribution >= 4 is 17.4 Å². The molecule has 1 aliphatic rings. The lowest BCUT2D eigenvalue weighted by atomic mass is 10.1. The molecule has 1 aliphatic carbocycles. The number of phenols is 1. The van der Waals surface area contributed by atoms with Crippen LogP contribution in [0.1, 0.15) is 34.7 Å². The fourth-order valence-corrected chi connectivity index (χ4v) is 2.95. The van der Waals surface area contributed by atoms with Gasteiger partial charge in [-0.25, -0.2) is 0 Å². The summed E-state index contributed by atoms with van der Waals surface area (Å²) in [6.45, 7) is 2.34. The molecule has 0 fully saturated rings. The van der Waals surface area contributed by atoms with Crippen molar-refractivity contribution in [3.63, 3.8) is 0 Å². The summed E-state index contributed by atoms with van der Waals surface area (Å²) >= 11 is 0. The zero-order valence-electron chi connectivity index (χ0n) is 15.6. The smallest absolute Gasteiger partial charge is 0.257 e. The van der Waals surface area contributed by atoms with Crippen molar-refractivity contribution in [2.45, 2.75) is 26.3 Å². The van der Waals surface area contributed by atoms with E-state index in [1.807, 2.05) is 19.1 Å². The summed E-state index contributed by atoms with van der Waals surface area (Å²) in [4.78, 5) is 25.9. The summed E-state index contributed by atoms with van der Waals surface area (Å²) in [5.41, 5.74) is 1.67. The van der Waals surface area contributed by atoms with E-state index in [2.05, 4.69) is 10.6 Å². The summed E-state index contributed by atoms with van der Waals surface area (Å²) < 4.78 is 5.53. The van der Waals surface area contributed by atoms with Gasteiger partial charge in [-0.15, -0.1) is 0 Å². The van der Waals surface area contributed by atoms with E-state index in [0.717, 1.165) is 17.2 Å². The van der Waals surface area contributed by atoms with Gasteiger partial charge in [0.1, 0.15) is 17.2 Å². The number of hydrogen-bond acceptors (Lipinski definition) is 6. The van der Waals surface area contributed by atoms with Crippen molar-refractivity contribution < 1.29 is 19.1 Å². The molecule has 3 rings (SSSR count). The second kappa shape index (κ2) is 7.57. The lowest BCUT2D eigenvalue weighted by molar-refractivity contribution is -0.114. The third kappa shape index (κ3) is 3.97. The van der Waals surface area contributed by atoms with Gasteiger partial charge in [0.05, 0.1) is 17.8 Å². The average molecular weight is 369 g/mol. The molecular formula is C20H23N3O4. The Kier molecular flexibility index (Phi) is 5.21. The topological polar surface area (TPSA) is 94.8 Å². The number of para-hydroxylation sites is 1. The van der Waals surface area contributed by atoms with Crippen LogP contribution in [0.2, 0.25) is 0 Å².